The molecule has 1 aliphatic carbocycles. The maximum Gasteiger partial charge on any atom is 0.292 e. The Balaban J connectivity index is 1.50. The third-order valence-electron chi connectivity index (χ3n) is 10.8. The highest BCUT2D eigenvalue weighted by Gasteiger charge is 2.53. The van der Waals surface area contributed by atoms with Crippen LogP contribution in [0.25, 0.3) is 11.0 Å². The van der Waals surface area contributed by atoms with Gasteiger partial charge in [-0.3, -0.25) is 0 Å². The third kappa shape index (κ3) is 3.12. The number of hydrogen-bond acceptors (Lipinski definition) is 2. The fourth-order valence-electron chi connectivity index (χ4n) is 8.72. The molecule has 2 atom stereocenters. The zero-order valence-corrected chi connectivity index (χ0v) is 26.5. The molecule has 0 radical (unpaired) electrons. The fraction of sp³-hybridized carbons (Fsp3) is 0.444. The minimum atomic E-state index is -1.57. The van der Waals surface area contributed by atoms with Crippen LogP contribution in [0.4, 0.5) is 11.4 Å². The second-order valence-electron chi connectivity index (χ2n) is 15.7. The Labute approximate surface area is 241 Å². The maximum absolute atomic E-state index is 7.00. The molecule has 1 saturated carbocycles. The van der Waals surface area contributed by atoms with Gasteiger partial charge in [0, 0.05) is 39.7 Å². The summed E-state index contributed by atoms with van der Waals surface area (Å²) >= 11 is 0. The molecule has 4 heteroatoms. The summed E-state index contributed by atoms with van der Waals surface area (Å²) in [5.74, 6) is 0.646. The minimum Gasteiger partial charge on any atom is -0.470 e. The molecule has 0 N–H and O–H groups in total. The second-order valence-corrected chi connectivity index (χ2v) is 20.8. The molecule has 4 heterocycles. The zero-order valence-electron chi connectivity index (χ0n) is 25.5. The lowest BCUT2D eigenvalue weighted by atomic mass is 9.32. The van der Waals surface area contributed by atoms with Crippen molar-refractivity contribution in [1.29, 1.82) is 0 Å². The molecule has 40 heavy (non-hydrogen) atoms. The van der Waals surface area contributed by atoms with Gasteiger partial charge in [-0.25, -0.2) is 0 Å². The van der Waals surface area contributed by atoms with Crippen molar-refractivity contribution in [2.45, 2.75) is 103 Å². The van der Waals surface area contributed by atoms with E-state index in [0.717, 1.165) is 5.58 Å². The summed E-state index contributed by atoms with van der Waals surface area (Å²) in [5.41, 5.74) is 14.1. The minimum absolute atomic E-state index is 0.0924. The van der Waals surface area contributed by atoms with Crippen LogP contribution in [0.2, 0.25) is 19.6 Å². The van der Waals surface area contributed by atoms with Gasteiger partial charge >= 0.3 is 0 Å². The van der Waals surface area contributed by atoms with E-state index >= 15 is 0 Å². The van der Waals surface area contributed by atoms with Crippen LogP contribution >= 0.6 is 0 Å². The molecule has 2 unspecified atom stereocenters. The van der Waals surface area contributed by atoms with Crippen LogP contribution < -0.4 is 26.7 Å². The summed E-state index contributed by atoms with van der Waals surface area (Å²) in [7, 11) is -1.57. The van der Waals surface area contributed by atoms with Gasteiger partial charge in [0.05, 0.1) is 13.7 Å². The summed E-state index contributed by atoms with van der Waals surface area (Å²) in [4.78, 5) is 2.83. The predicted molar refractivity (Wildman–Crippen MR) is 175 cm³/mol. The van der Waals surface area contributed by atoms with Gasteiger partial charge in [-0.2, -0.15) is 0 Å². The Bertz CT molecular complexity index is 1730. The number of benzene rings is 3. The molecule has 2 nitrogen and oxygen atoms in total. The number of anilines is 2. The Hall–Kier alpha value is -2.72. The monoisotopic (exact) mass is 543 g/mol. The van der Waals surface area contributed by atoms with Crippen LogP contribution in [-0.2, 0) is 10.8 Å². The first-order chi connectivity index (χ1) is 18.9. The molecule has 3 aliphatic heterocycles. The van der Waals surface area contributed by atoms with Crippen molar-refractivity contribution < 1.29 is 4.42 Å². The summed E-state index contributed by atoms with van der Waals surface area (Å²) in [5, 5.41) is 2.89. The highest BCUT2D eigenvalue weighted by Crippen LogP contribution is 2.53. The lowest BCUT2D eigenvalue weighted by molar-refractivity contribution is 0.402. The lowest BCUT2D eigenvalue weighted by Gasteiger charge is -2.45. The Morgan fingerprint density at radius 3 is 2.50 bits per heavy atom. The van der Waals surface area contributed by atoms with E-state index in [1.165, 1.54) is 75.7 Å². The number of rotatable bonds is 1. The lowest BCUT2D eigenvalue weighted by Crippen LogP contribution is -2.65. The smallest absolute Gasteiger partial charge is 0.292 e. The second kappa shape index (κ2) is 7.76. The SMILES string of the molecule is CC(C)(C)c1ccc2oc3c(c2c1)C(C)(C)c1cc([Si](C)(C)C)cc2c1B3c1cccc3c1N2C1CCCCC31. The first-order valence-electron chi connectivity index (χ1n) is 15.6. The third-order valence-corrected chi connectivity index (χ3v) is 12.8. The Morgan fingerprint density at radius 1 is 0.975 bits per heavy atom. The first-order valence-corrected chi connectivity index (χ1v) is 19.1. The maximum atomic E-state index is 7.00. The molecule has 0 spiro atoms. The Kier molecular flexibility index (Phi) is 4.86. The summed E-state index contributed by atoms with van der Waals surface area (Å²) in [6.07, 6.45) is 5.31. The van der Waals surface area contributed by atoms with E-state index in [4.69, 9.17) is 4.42 Å². The van der Waals surface area contributed by atoms with Gasteiger partial charge in [-0.05, 0) is 64.1 Å². The van der Waals surface area contributed by atoms with E-state index < -0.39 is 8.07 Å². The Morgan fingerprint density at radius 2 is 1.75 bits per heavy atom. The molecule has 3 aromatic carbocycles. The topological polar surface area (TPSA) is 16.4 Å². The van der Waals surface area contributed by atoms with Gasteiger partial charge in [0.1, 0.15) is 5.58 Å². The van der Waals surface area contributed by atoms with Crippen molar-refractivity contribution in [2.24, 2.45) is 0 Å². The van der Waals surface area contributed by atoms with Gasteiger partial charge in [-0.15, -0.1) is 0 Å². The number of furan rings is 1. The molecule has 1 fully saturated rings. The van der Waals surface area contributed by atoms with Crippen molar-refractivity contribution in [1.82, 2.24) is 0 Å². The average molecular weight is 544 g/mol. The van der Waals surface area contributed by atoms with E-state index in [-0.39, 0.29) is 17.5 Å². The fourth-order valence-corrected chi connectivity index (χ4v) is 9.87. The van der Waals surface area contributed by atoms with Gasteiger partial charge in [0.2, 0.25) is 0 Å². The number of hydrogen-bond donors (Lipinski definition) is 0. The molecular weight excluding hydrogens is 501 g/mol. The van der Waals surface area contributed by atoms with Crippen LogP contribution in [0.15, 0.2) is 52.9 Å². The standard InChI is InChI=1S/C36H42BNOSi/c1-35(2,3)21-16-17-30-25(18-21)31-34(39-30)37-27-14-11-13-24-23-12-9-10-15-28(23)38(33(24)27)29-20-22(40(6,7)8)19-26(32(29)37)36(31,4)5/h11,13-14,16-20,23,28H,9-10,12,15H2,1-8H3. The van der Waals surface area contributed by atoms with Gasteiger partial charge < -0.3 is 9.32 Å². The number of para-hydroxylation sites is 1. The molecule has 0 amide bonds. The van der Waals surface area contributed by atoms with Crippen LogP contribution in [0.3, 0.4) is 0 Å². The largest absolute Gasteiger partial charge is 0.470 e. The van der Waals surface area contributed by atoms with Crippen molar-refractivity contribution in [2.75, 3.05) is 4.90 Å². The zero-order chi connectivity index (χ0) is 27.9. The number of nitrogens with zero attached hydrogens (tertiary/aromatic N) is 1. The molecule has 4 aliphatic rings. The van der Waals surface area contributed by atoms with Crippen LogP contribution in [0.1, 0.15) is 88.5 Å². The van der Waals surface area contributed by atoms with Gasteiger partial charge in [0.25, 0.3) is 6.71 Å². The molecule has 8 rings (SSSR count). The molecule has 204 valence electrons. The van der Waals surface area contributed by atoms with Crippen LogP contribution in [-0.4, -0.2) is 20.8 Å². The normalized spacial score (nSPS) is 22.2. The molecule has 4 aromatic rings. The van der Waals surface area contributed by atoms with Crippen molar-refractivity contribution in [3.8, 4) is 0 Å². The highest BCUT2D eigenvalue weighted by atomic mass is 28.3. The summed E-state index contributed by atoms with van der Waals surface area (Å²) in [6, 6.07) is 20.0. The van der Waals surface area contributed by atoms with E-state index in [0.29, 0.717) is 12.0 Å². The van der Waals surface area contributed by atoms with Crippen LogP contribution in [0.5, 0.6) is 0 Å². The number of fused-ring (bicyclic) bond motifs is 9. The quantitative estimate of drug-likeness (QED) is 0.242. The molecular formula is C36H42BNOSi. The van der Waals surface area contributed by atoms with Gasteiger partial charge in [-0.1, -0.05) is 103 Å². The van der Waals surface area contributed by atoms with E-state index in [1.54, 1.807) is 10.8 Å². The van der Waals surface area contributed by atoms with E-state index in [2.05, 4.69) is 108 Å². The van der Waals surface area contributed by atoms with Crippen molar-refractivity contribution >= 4 is 58.9 Å². The van der Waals surface area contributed by atoms with Crippen molar-refractivity contribution in [3.05, 3.63) is 70.8 Å². The van der Waals surface area contributed by atoms with Crippen LogP contribution in [0, 0.1) is 0 Å². The van der Waals surface area contributed by atoms with Gasteiger partial charge in [0.15, 0.2) is 0 Å². The summed E-state index contributed by atoms with van der Waals surface area (Å²) < 4.78 is 7.00. The first kappa shape index (κ1) is 25.0. The highest BCUT2D eigenvalue weighted by molar-refractivity contribution is 6.98. The molecule has 1 aromatic heterocycles. The average Bonchev–Trinajstić information content (AvgIpc) is 3.44. The molecule has 0 saturated heterocycles. The van der Waals surface area contributed by atoms with E-state index in [9.17, 15) is 0 Å². The molecule has 0 bridgehead atoms. The summed E-state index contributed by atoms with van der Waals surface area (Å²) in [6.45, 7) is 19.6. The van der Waals surface area contributed by atoms with E-state index in [1.807, 2.05) is 0 Å². The predicted octanol–water partition coefficient (Wildman–Crippen LogP) is 6.92. The van der Waals surface area contributed by atoms with Crippen molar-refractivity contribution in [3.63, 3.8) is 0 Å².